The predicted molar refractivity (Wildman–Crippen MR) is 137 cm³/mol. The van der Waals surface area contributed by atoms with Crippen LogP contribution in [0.4, 0.5) is 37.6 Å². The molecule has 178 valence electrons. The fourth-order valence-electron chi connectivity index (χ4n) is 3.29. The van der Waals surface area contributed by atoms with Crippen LogP contribution in [-0.4, -0.2) is 21.6 Å². The predicted octanol–water partition coefficient (Wildman–Crippen LogP) is 7.15. The largest absolute Gasteiger partial charge is 0.340 e. The first kappa shape index (κ1) is 24.2. The summed E-state index contributed by atoms with van der Waals surface area (Å²) in [6.45, 7) is 3.91. The second kappa shape index (κ2) is 11.0. The molecule has 0 saturated heterocycles. The van der Waals surface area contributed by atoms with Crippen LogP contribution >= 0.6 is 11.8 Å². The number of carbonyl (C=O) groups excluding carboxylic acids is 1. The minimum Gasteiger partial charge on any atom is -0.340 e. The summed E-state index contributed by atoms with van der Waals surface area (Å²) in [5, 5.41) is 9.19. The highest BCUT2D eigenvalue weighted by Gasteiger charge is 2.15. The molecule has 0 atom stereocenters. The molecule has 1 amide bonds. The van der Waals surface area contributed by atoms with Crippen LogP contribution in [0.5, 0.6) is 0 Å². The van der Waals surface area contributed by atoms with Gasteiger partial charge in [0.05, 0.1) is 5.56 Å². The summed E-state index contributed by atoms with van der Waals surface area (Å²) in [6.07, 6.45) is 0. The molecule has 0 saturated carbocycles. The van der Waals surface area contributed by atoms with Crippen molar-refractivity contribution in [1.82, 2.24) is 9.97 Å². The molecular formula is C26H23F2N5OS. The van der Waals surface area contributed by atoms with Crippen molar-refractivity contribution in [2.45, 2.75) is 24.5 Å². The number of hydrogen-bond donors (Lipinski definition) is 3. The van der Waals surface area contributed by atoms with Gasteiger partial charge in [-0.15, -0.1) is 0 Å². The topological polar surface area (TPSA) is 78.9 Å². The van der Waals surface area contributed by atoms with E-state index in [-0.39, 0.29) is 10.5 Å². The van der Waals surface area contributed by atoms with E-state index in [1.807, 2.05) is 44.2 Å². The van der Waals surface area contributed by atoms with Crippen LogP contribution in [0.25, 0.3) is 0 Å². The van der Waals surface area contributed by atoms with Crippen LogP contribution in [-0.2, 0) is 0 Å². The quantitative estimate of drug-likeness (QED) is 0.227. The fourth-order valence-corrected chi connectivity index (χ4v) is 3.93. The van der Waals surface area contributed by atoms with E-state index in [1.54, 1.807) is 36.4 Å². The zero-order valence-electron chi connectivity index (χ0n) is 19.0. The first-order valence-electron chi connectivity index (χ1n) is 10.8. The Morgan fingerprint density at radius 3 is 2.17 bits per heavy atom. The Morgan fingerprint density at radius 1 is 0.829 bits per heavy atom. The van der Waals surface area contributed by atoms with E-state index in [2.05, 4.69) is 25.9 Å². The average molecular weight is 492 g/mol. The molecule has 0 unspecified atom stereocenters. The van der Waals surface area contributed by atoms with Crippen LogP contribution in [0.1, 0.15) is 21.6 Å². The Hall–Kier alpha value is -3.98. The van der Waals surface area contributed by atoms with E-state index >= 15 is 0 Å². The maximum absolute atomic E-state index is 12.8. The standard InChI is InChI=1S/C26H23F2N5OS/c1-16-7-9-20(10-8-16)32-26-29-17(2)15-23(33-26)30-18-11-13-19(14-12-18)31-24(34)21-5-3-4-6-22(21)35-25(27)28/h3-15,25H,1-2H3,(H,31,34)(H2,29,30,32,33). The molecule has 4 aromatic rings. The van der Waals surface area contributed by atoms with E-state index in [9.17, 15) is 13.6 Å². The van der Waals surface area contributed by atoms with E-state index in [0.29, 0.717) is 29.2 Å². The maximum atomic E-state index is 12.8. The molecule has 0 aliphatic heterocycles. The molecule has 3 N–H and O–H groups in total. The lowest BCUT2D eigenvalue weighted by Crippen LogP contribution is -2.13. The first-order valence-corrected chi connectivity index (χ1v) is 11.7. The van der Waals surface area contributed by atoms with E-state index in [0.717, 1.165) is 17.1 Å². The van der Waals surface area contributed by atoms with Crippen molar-refractivity contribution in [3.05, 3.63) is 95.7 Å². The van der Waals surface area contributed by atoms with Crippen molar-refractivity contribution in [3.8, 4) is 0 Å². The fraction of sp³-hybridized carbons (Fsp3) is 0.115. The molecule has 3 aromatic carbocycles. The number of hydrogen-bond acceptors (Lipinski definition) is 6. The number of rotatable bonds is 8. The molecule has 35 heavy (non-hydrogen) atoms. The molecule has 1 aromatic heterocycles. The van der Waals surface area contributed by atoms with Gasteiger partial charge in [-0.3, -0.25) is 4.79 Å². The molecule has 0 radical (unpaired) electrons. The van der Waals surface area contributed by atoms with Crippen molar-refractivity contribution in [2.24, 2.45) is 0 Å². The Morgan fingerprint density at radius 2 is 1.46 bits per heavy atom. The lowest BCUT2D eigenvalue weighted by atomic mass is 10.2. The number of halogens is 2. The summed E-state index contributed by atoms with van der Waals surface area (Å²) in [5.41, 5.74) is 4.35. The third-order valence-electron chi connectivity index (χ3n) is 4.92. The van der Waals surface area contributed by atoms with E-state index in [1.165, 1.54) is 17.7 Å². The van der Waals surface area contributed by atoms with Gasteiger partial charge in [-0.1, -0.05) is 41.6 Å². The van der Waals surface area contributed by atoms with Gasteiger partial charge in [0, 0.05) is 33.7 Å². The Labute approximate surface area is 206 Å². The number of benzene rings is 3. The van der Waals surface area contributed by atoms with Gasteiger partial charge in [-0.05, 0) is 62.4 Å². The highest BCUT2D eigenvalue weighted by atomic mass is 32.2. The monoisotopic (exact) mass is 491 g/mol. The molecule has 9 heteroatoms. The number of carbonyl (C=O) groups is 1. The third-order valence-corrected chi connectivity index (χ3v) is 5.71. The molecule has 0 spiro atoms. The second-order valence-electron chi connectivity index (χ2n) is 7.74. The lowest BCUT2D eigenvalue weighted by Gasteiger charge is -2.12. The van der Waals surface area contributed by atoms with Gasteiger partial charge >= 0.3 is 0 Å². The van der Waals surface area contributed by atoms with Gasteiger partial charge in [-0.2, -0.15) is 13.8 Å². The van der Waals surface area contributed by atoms with Gasteiger partial charge in [0.2, 0.25) is 5.95 Å². The van der Waals surface area contributed by atoms with Crippen molar-refractivity contribution < 1.29 is 13.6 Å². The normalized spacial score (nSPS) is 10.8. The third kappa shape index (κ3) is 6.77. The minimum atomic E-state index is -2.60. The number of nitrogens with one attached hydrogen (secondary N) is 3. The molecular weight excluding hydrogens is 468 g/mol. The van der Waals surface area contributed by atoms with Crippen LogP contribution in [0.2, 0.25) is 0 Å². The van der Waals surface area contributed by atoms with Crippen LogP contribution < -0.4 is 16.0 Å². The zero-order valence-corrected chi connectivity index (χ0v) is 19.9. The highest BCUT2D eigenvalue weighted by molar-refractivity contribution is 7.99. The van der Waals surface area contributed by atoms with Gasteiger partial charge < -0.3 is 16.0 Å². The summed E-state index contributed by atoms with van der Waals surface area (Å²) in [5.74, 6) is -1.97. The molecule has 0 aliphatic rings. The van der Waals surface area contributed by atoms with Crippen molar-refractivity contribution >= 4 is 46.5 Å². The van der Waals surface area contributed by atoms with Gasteiger partial charge in [-0.25, -0.2) is 4.98 Å². The first-order chi connectivity index (χ1) is 16.9. The smallest absolute Gasteiger partial charge is 0.288 e. The van der Waals surface area contributed by atoms with Gasteiger partial charge in [0.1, 0.15) is 5.82 Å². The highest BCUT2D eigenvalue weighted by Crippen LogP contribution is 2.29. The van der Waals surface area contributed by atoms with Crippen molar-refractivity contribution in [1.29, 1.82) is 0 Å². The number of aryl methyl sites for hydroxylation is 2. The Bertz CT molecular complexity index is 1310. The van der Waals surface area contributed by atoms with Crippen LogP contribution in [0, 0.1) is 13.8 Å². The molecule has 0 bridgehead atoms. The SMILES string of the molecule is Cc1ccc(Nc2nc(C)cc(Nc3ccc(NC(=O)c4ccccc4SC(F)F)cc3)n2)cc1. The minimum absolute atomic E-state index is 0.199. The molecule has 0 aliphatic carbocycles. The summed E-state index contributed by atoms with van der Waals surface area (Å²) in [6, 6.07) is 23.1. The number of aromatic nitrogens is 2. The van der Waals surface area contributed by atoms with Gasteiger partial charge in [0.25, 0.3) is 11.7 Å². The average Bonchev–Trinajstić information content (AvgIpc) is 2.81. The number of alkyl halides is 2. The summed E-state index contributed by atoms with van der Waals surface area (Å²) in [7, 11) is 0. The summed E-state index contributed by atoms with van der Waals surface area (Å²) < 4.78 is 25.6. The number of amides is 1. The van der Waals surface area contributed by atoms with Crippen LogP contribution in [0.15, 0.2) is 83.8 Å². The molecule has 4 rings (SSSR count). The Balaban J connectivity index is 1.43. The van der Waals surface area contributed by atoms with Crippen molar-refractivity contribution in [3.63, 3.8) is 0 Å². The summed E-state index contributed by atoms with van der Waals surface area (Å²) >= 11 is 0.349. The number of thioether (sulfide) groups is 1. The second-order valence-corrected chi connectivity index (χ2v) is 8.77. The Kier molecular flexibility index (Phi) is 7.57. The van der Waals surface area contributed by atoms with Crippen molar-refractivity contribution in [2.75, 3.05) is 16.0 Å². The van der Waals surface area contributed by atoms with Crippen LogP contribution in [0.3, 0.4) is 0 Å². The van der Waals surface area contributed by atoms with E-state index < -0.39 is 11.7 Å². The van der Waals surface area contributed by atoms with E-state index in [4.69, 9.17) is 0 Å². The molecule has 6 nitrogen and oxygen atoms in total. The zero-order chi connectivity index (χ0) is 24.8. The van der Waals surface area contributed by atoms with Gasteiger partial charge in [0.15, 0.2) is 0 Å². The number of anilines is 5. The summed E-state index contributed by atoms with van der Waals surface area (Å²) in [4.78, 5) is 21.8. The lowest BCUT2D eigenvalue weighted by molar-refractivity contribution is 0.102. The number of nitrogens with zero attached hydrogens (tertiary/aromatic N) is 2. The maximum Gasteiger partial charge on any atom is 0.288 e. The molecule has 1 heterocycles. The molecule has 0 fully saturated rings.